The second kappa shape index (κ2) is 7.56. The lowest BCUT2D eigenvalue weighted by molar-refractivity contribution is -0.0418. The minimum atomic E-state index is -0.272. The zero-order chi connectivity index (χ0) is 9.40. The van der Waals surface area contributed by atoms with Crippen molar-refractivity contribution in [3.05, 3.63) is 0 Å². The van der Waals surface area contributed by atoms with Gasteiger partial charge in [-0.05, 0) is 19.3 Å². The largest absolute Gasteiger partial charge is 0.390 e. The zero-order valence-electron chi connectivity index (χ0n) is 8.55. The van der Waals surface area contributed by atoms with Crippen LogP contribution < -0.4 is 0 Å². The average Bonchev–Trinajstić information content (AvgIpc) is 2.06. The maximum absolute atomic E-state index is 9.61. The first-order valence-electron chi connectivity index (χ1n) is 5.05. The van der Waals surface area contributed by atoms with Crippen molar-refractivity contribution in [3.8, 4) is 0 Å². The Labute approximate surface area is 75.9 Å². The Morgan fingerprint density at radius 2 is 1.83 bits per heavy atom. The molecule has 0 heterocycles. The molecule has 2 unspecified atom stereocenters. The van der Waals surface area contributed by atoms with E-state index in [-0.39, 0.29) is 12.2 Å². The molecule has 0 fully saturated rings. The van der Waals surface area contributed by atoms with Crippen LogP contribution in [0.2, 0.25) is 0 Å². The maximum atomic E-state index is 9.61. The SMILES string of the molecule is CCCOC(CC)C(O)CCC. The first kappa shape index (κ1) is 11.9. The van der Waals surface area contributed by atoms with Crippen molar-refractivity contribution in [1.82, 2.24) is 0 Å². The smallest absolute Gasteiger partial charge is 0.0831 e. The van der Waals surface area contributed by atoms with Crippen molar-refractivity contribution < 1.29 is 9.84 Å². The van der Waals surface area contributed by atoms with Gasteiger partial charge in [-0.3, -0.25) is 0 Å². The molecule has 2 nitrogen and oxygen atoms in total. The summed E-state index contributed by atoms with van der Waals surface area (Å²) in [5.41, 5.74) is 0. The number of hydrogen-bond acceptors (Lipinski definition) is 2. The highest BCUT2D eigenvalue weighted by Gasteiger charge is 2.15. The van der Waals surface area contributed by atoms with E-state index in [1.54, 1.807) is 0 Å². The van der Waals surface area contributed by atoms with Crippen molar-refractivity contribution in [2.24, 2.45) is 0 Å². The lowest BCUT2D eigenvalue weighted by Crippen LogP contribution is -2.28. The number of aliphatic hydroxyl groups is 1. The third kappa shape index (κ3) is 4.73. The molecule has 0 rings (SSSR count). The Morgan fingerprint density at radius 3 is 2.25 bits per heavy atom. The molecule has 0 spiro atoms. The molecule has 0 saturated heterocycles. The third-order valence-corrected chi connectivity index (χ3v) is 1.95. The number of hydrogen-bond donors (Lipinski definition) is 1. The molecule has 2 atom stereocenters. The van der Waals surface area contributed by atoms with Gasteiger partial charge in [0.25, 0.3) is 0 Å². The summed E-state index contributed by atoms with van der Waals surface area (Å²) in [5.74, 6) is 0. The van der Waals surface area contributed by atoms with Gasteiger partial charge in [0.15, 0.2) is 0 Å². The molecule has 0 aromatic heterocycles. The van der Waals surface area contributed by atoms with Gasteiger partial charge < -0.3 is 9.84 Å². The van der Waals surface area contributed by atoms with Crippen LogP contribution in [0.4, 0.5) is 0 Å². The van der Waals surface area contributed by atoms with Gasteiger partial charge in [0.1, 0.15) is 0 Å². The fraction of sp³-hybridized carbons (Fsp3) is 1.00. The van der Waals surface area contributed by atoms with Gasteiger partial charge in [-0.25, -0.2) is 0 Å². The molecular formula is C10H22O2. The molecule has 1 N–H and O–H groups in total. The van der Waals surface area contributed by atoms with E-state index in [1.165, 1.54) is 0 Å². The van der Waals surface area contributed by atoms with Gasteiger partial charge in [0.05, 0.1) is 12.2 Å². The number of rotatable bonds is 7. The van der Waals surface area contributed by atoms with Crippen LogP contribution in [0.15, 0.2) is 0 Å². The van der Waals surface area contributed by atoms with E-state index >= 15 is 0 Å². The summed E-state index contributed by atoms with van der Waals surface area (Å²) < 4.78 is 5.50. The Hall–Kier alpha value is -0.0800. The summed E-state index contributed by atoms with van der Waals surface area (Å²) in [6, 6.07) is 0. The Bertz CT molecular complexity index is 93.8. The summed E-state index contributed by atoms with van der Waals surface area (Å²) >= 11 is 0. The predicted octanol–water partition coefficient (Wildman–Crippen LogP) is 2.35. The lowest BCUT2D eigenvalue weighted by Gasteiger charge is -2.21. The van der Waals surface area contributed by atoms with Crippen LogP contribution in [-0.2, 0) is 4.74 Å². The van der Waals surface area contributed by atoms with Gasteiger partial charge in [-0.15, -0.1) is 0 Å². The quantitative estimate of drug-likeness (QED) is 0.642. The van der Waals surface area contributed by atoms with Crippen LogP contribution in [0.3, 0.4) is 0 Å². The molecule has 74 valence electrons. The molecule has 0 saturated carbocycles. The summed E-state index contributed by atoms with van der Waals surface area (Å²) in [4.78, 5) is 0. The molecule has 0 radical (unpaired) electrons. The molecule has 2 heteroatoms. The first-order chi connectivity index (χ1) is 5.76. The van der Waals surface area contributed by atoms with E-state index in [1.807, 2.05) is 0 Å². The van der Waals surface area contributed by atoms with Crippen molar-refractivity contribution >= 4 is 0 Å². The van der Waals surface area contributed by atoms with Crippen LogP contribution in [0.25, 0.3) is 0 Å². The highest BCUT2D eigenvalue weighted by molar-refractivity contribution is 4.66. The predicted molar refractivity (Wildman–Crippen MR) is 51.2 cm³/mol. The molecule has 0 aromatic carbocycles. The van der Waals surface area contributed by atoms with E-state index in [4.69, 9.17) is 4.74 Å². The molecular weight excluding hydrogens is 152 g/mol. The van der Waals surface area contributed by atoms with Crippen molar-refractivity contribution in [1.29, 1.82) is 0 Å². The average molecular weight is 174 g/mol. The van der Waals surface area contributed by atoms with E-state index in [2.05, 4.69) is 20.8 Å². The van der Waals surface area contributed by atoms with E-state index in [0.717, 1.165) is 32.3 Å². The molecule has 0 aliphatic rings. The van der Waals surface area contributed by atoms with E-state index < -0.39 is 0 Å². The number of ether oxygens (including phenoxy) is 1. The summed E-state index contributed by atoms with van der Waals surface area (Å²) in [6.07, 6.45) is 3.57. The minimum Gasteiger partial charge on any atom is -0.390 e. The van der Waals surface area contributed by atoms with E-state index in [0.29, 0.717) is 0 Å². The van der Waals surface area contributed by atoms with Crippen molar-refractivity contribution in [2.75, 3.05) is 6.61 Å². The summed E-state index contributed by atoms with van der Waals surface area (Å²) in [7, 11) is 0. The van der Waals surface area contributed by atoms with Crippen LogP contribution in [0, 0.1) is 0 Å². The second-order valence-corrected chi connectivity index (χ2v) is 3.17. The van der Waals surface area contributed by atoms with Crippen LogP contribution in [0.5, 0.6) is 0 Å². The van der Waals surface area contributed by atoms with Gasteiger partial charge in [0, 0.05) is 6.61 Å². The van der Waals surface area contributed by atoms with Gasteiger partial charge in [-0.2, -0.15) is 0 Å². The molecule has 0 aromatic rings. The van der Waals surface area contributed by atoms with Crippen LogP contribution in [-0.4, -0.2) is 23.9 Å². The zero-order valence-corrected chi connectivity index (χ0v) is 8.55. The molecule has 0 bridgehead atoms. The van der Waals surface area contributed by atoms with Crippen molar-refractivity contribution in [3.63, 3.8) is 0 Å². The first-order valence-corrected chi connectivity index (χ1v) is 5.05. The second-order valence-electron chi connectivity index (χ2n) is 3.17. The fourth-order valence-corrected chi connectivity index (χ4v) is 1.25. The Kier molecular flexibility index (Phi) is 7.51. The van der Waals surface area contributed by atoms with Gasteiger partial charge in [-0.1, -0.05) is 27.2 Å². The third-order valence-electron chi connectivity index (χ3n) is 1.95. The maximum Gasteiger partial charge on any atom is 0.0831 e. The topological polar surface area (TPSA) is 29.5 Å². The fourth-order valence-electron chi connectivity index (χ4n) is 1.25. The number of aliphatic hydroxyl groups excluding tert-OH is 1. The lowest BCUT2D eigenvalue weighted by atomic mass is 10.1. The molecule has 12 heavy (non-hydrogen) atoms. The molecule has 0 aliphatic carbocycles. The Balaban J connectivity index is 3.62. The van der Waals surface area contributed by atoms with Gasteiger partial charge in [0.2, 0.25) is 0 Å². The summed E-state index contributed by atoms with van der Waals surface area (Å²) in [5, 5.41) is 9.61. The standard InChI is InChI=1S/C10H22O2/c1-4-7-9(11)10(6-3)12-8-5-2/h9-11H,4-8H2,1-3H3. The van der Waals surface area contributed by atoms with Gasteiger partial charge >= 0.3 is 0 Å². The monoisotopic (exact) mass is 174 g/mol. The summed E-state index contributed by atoms with van der Waals surface area (Å²) in [6.45, 7) is 6.98. The van der Waals surface area contributed by atoms with E-state index in [9.17, 15) is 5.11 Å². The normalized spacial score (nSPS) is 16.0. The minimum absolute atomic E-state index is 0.0462. The highest BCUT2D eigenvalue weighted by Crippen LogP contribution is 2.09. The molecule has 0 amide bonds. The van der Waals surface area contributed by atoms with Crippen LogP contribution in [0.1, 0.15) is 46.5 Å². The molecule has 0 aliphatic heterocycles. The highest BCUT2D eigenvalue weighted by atomic mass is 16.5. The van der Waals surface area contributed by atoms with Crippen molar-refractivity contribution in [2.45, 2.75) is 58.7 Å². The Morgan fingerprint density at radius 1 is 1.17 bits per heavy atom. The van der Waals surface area contributed by atoms with Crippen LogP contribution >= 0.6 is 0 Å².